The summed E-state index contributed by atoms with van der Waals surface area (Å²) in [6.45, 7) is 5.99. The maximum atomic E-state index is 11.0. The average Bonchev–Trinajstić information content (AvgIpc) is 2.17. The second-order valence-electron chi connectivity index (χ2n) is 2.66. The van der Waals surface area contributed by atoms with Crippen LogP contribution in [0, 0.1) is 16.7 Å². The van der Waals surface area contributed by atoms with Crippen LogP contribution < -0.4 is 4.74 Å². The van der Waals surface area contributed by atoms with Crippen LogP contribution in [0.4, 0.5) is 5.69 Å². The summed E-state index contributed by atoms with van der Waals surface area (Å²) in [5, 5.41) is 10.6. The highest BCUT2D eigenvalue weighted by atomic mass is 79.9. The fraction of sp³-hybridized carbons (Fsp3) is 0.111. The zero-order valence-corrected chi connectivity index (χ0v) is 9.43. The first-order valence-electron chi connectivity index (χ1n) is 4.02. The first-order valence-corrected chi connectivity index (χ1v) is 4.81. The first-order chi connectivity index (χ1) is 7.54. The van der Waals surface area contributed by atoms with E-state index in [0.29, 0.717) is 4.47 Å². The number of esters is 1. The van der Waals surface area contributed by atoms with Gasteiger partial charge in [0.25, 0.3) is 0 Å². The lowest BCUT2D eigenvalue weighted by Gasteiger charge is -2.02. The van der Waals surface area contributed by atoms with E-state index in [1.54, 1.807) is 0 Å². The minimum absolute atomic E-state index is 0.173. The molecule has 0 aliphatic carbocycles. The molecule has 7 heteroatoms. The van der Waals surface area contributed by atoms with Gasteiger partial charge in [0.1, 0.15) is 0 Å². The van der Waals surface area contributed by atoms with E-state index in [1.807, 2.05) is 0 Å². The van der Waals surface area contributed by atoms with Gasteiger partial charge in [0.15, 0.2) is 0 Å². The molecule has 0 bridgehead atoms. The van der Waals surface area contributed by atoms with Crippen LogP contribution in [-0.4, -0.2) is 17.4 Å². The van der Waals surface area contributed by atoms with E-state index >= 15 is 0 Å². The highest BCUT2D eigenvalue weighted by Gasteiger charge is 2.19. The largest absolute Gasteiger partial charge is 0.414 e. The van der Waals surface area contributed by atoms with E-state index in [-0.39, 0.29) is 11.4 Å². The Kier molecular flexibility index (Phi) is 3.96. The second kappa shape index (κ2) is 5.23. The number of hydrogen-bond acceptors (Lipinski definition) is 4. The maximum Gasteiger partial charge on any atom is 0.392 e. The fourth-order valence-corrected chi connectivity index (χ4v) is 1.28. The summed E-state index contributed by atoms with van der Waals surface area (Å²) in [6, 6.07) is 3.98. The zero-order chi connectivity index (χ0) is 12.1. The normalized spacial score (nSPS) is 9.25. The topological polar surface area (TPSA) is 73.8 Å². The van der Waals surface area contributed by atoms with Gasteiger partial charge in [0.05, 0.1) is 4.92 Å². The maximum absolute atomic E-state index is 11.0. The molecule has 0 aromatic heterocycles. The number of nitro groups is 1. The van der Waals surface area contributed by atoms with E-state index in [0.717, 1.165) is 0 Å². The van der Waals surface area contributed by atoms with Gasteiger partial charge in [-0.15, -0.1) is 0 Å². The van der Waals surface area contributed by atoms with Crippen LogP contribution in [0.5, 0.6) is 5.75 Å². The van der Waals surface area contributed by atoms with Crippen LogP contribution in [0.2, 0.25) is 0 Å². The molecule has 0 N–H and O–H groups in total. The van der Waals surface area contributed by atoms with E-state index in [4.69, 9.17) is 11.3 Å². The zero-order valence-electron chi connectivity index (χ0n) is 7.84. The summed E-state index contributed by atoms with van der Waals surface area (Å²) in [6.07, 6.45) is 0. The van der Waals surface area contributed by atoms with Crippen molar-refractivity contribution in [1.29, 1.82) is 0 Å². The van der Waals surface area contributed by atoms with Crippen molar-refractivity contribution in [2.45, 2.75) is 0 Å². The predicted octanol–water partition coefficient (Wildman–Crippen LogP) is 2.18. The quantitative estimate of drug-likeness (QED) is 0.280. The summed E-state index contributed by atoms with van der Waals surface area (Å²) in [4.78, 5) is 23.8. The molecule has 0 fully saturated rings. The van der Waals surface area contributed by atoms with Gasteiger partial charge < -0.3 is 9.58 Å². The predicted molar refractivity (Wildman–Crippen MR) is 57.9 cm³/mol. The van der Waals surface area contributed by atoms with Crippen LogP contribution >= 0.6 is 15.9 Å². The Morgan fingerprint density at radius 1 is 1.62 bits per heavy atom. The van der Waals surface area contributed by atoms with E-state index in [1.165, 1.54) is 18.2 Å². The number of halogens is 1. The summed E-state index contributed by atoms with van der Waals surface area (Å²) in [5.41, 5.74) is -0.318. The molecule has 0 atom stereocenters. The van der Waals surface area contributed by atoms with Crippen molar-refractivity contribution < 1.29 is 14.5 Å². The standard InChI is InChI=1S/C9H5BrN2O4/c1-11-5-9(13)16-8-4-6(10)2-3-7(8)12(14)15/h2-4H,5H2. The van der Waals surface area contributed by atoms with Gasteiger partial charge in [-0.1, -0.05) is 15.9 Å². The molecule has 0 unspecified atom stereocenters. The Balaban J connectivity index is 3.02. The number of nitrogens with zero attached hydrogens (tertiary/aromatic N) is 2. The summed E-state index contributed by atoms with van der Waals surface area (Å²) in [5.74, 6) is -0.996. The van der Waals surface area contributed by atoms with Crippen molar-refractivity contribution in [1.82, 2.24) is 0 Å². The van der Waals surface area contributed by atoms with Crippen molar-refractivity contribution in [3.8, 4) is 5.75 Å². The molecule has 6 nitrogen and oxygen atoms in total. The third-order valence-corrected chi connectivity index (χ3v) is 2.04. The molecule has 1 rings (SSSR count). The SMILES string of the molecule is [C-]#[N+]CC(=O)Oc1cc(Br)ccc1[N+](=O)[O-]. The summed E-state index contributed by atoms with van der Waals surface area (Å²) in [7, 11) is 0. The Morgan fingerprint density at radius 3 is 2.88 bits per heavy atom. The van der Waals surface area contributed by atoms with Crippen molar-refractivity contribution in [3.05, 3.63) is 44.2 Å². The lowest BCUT2D eigenvalue weighted by atomic mass is 10.3. The Morgan fingerprint density at radius 2 is 2.31 bits per heavy atom. The number of nitro benzene ring substituents is 1. The molecular weight excluding hydrogens is 280 g/mol. The molecule has 0 spiro atoms. The smallest absolute Gasteiger partial charge is 0.392 e. The molecule has 0 amide bonds. The average molecular weight is 285 g/mol. The van der Waals surface area contributed by atoms with Crippen molar-refractivity contribution in [2.24, 2.45) is 0 Å². The van der Waals surface area contributed by atoms with Gasteiger partial charge in [0, 0.05) is 16.6 Å². The van der Waals surface area contributed by atoms with Gasteiger partial charge >= 0.3 is 18.2 Å². The molecule has 0 aliphatic heterocycles. The number of carbonyl (C=O) groups excluding carboxylic acids is 1. The van der Waals surface area contributed by atoms with E-state index in [2.05, 4.69) is 20.8 Å². The van der Waals surface area contributed by atoms with Crippen molar-refractivity contribution in [3.63, 3.8) is 0 Å². The molecule has 0 saturated heterocycles. The van der Waals surface area contributed by atoms with Gasteiger partial charge in [-0.25, -0.2) is 11.4 Å². The molecule has 16 heavy (non-hydrogen) atoms. The van der Waals surface area contributed by atoms with E-state index in [9.17, 15) is 14.9 Å². The number of hydrogen-bond donors (Lipinski definition) is 0. The van der Waals surface area contributed by atoms with Crippen LogP contribution in [0.15, 0.2) is 22.7 Å². The van der Waals surface area contributed by atoms with Crippen LogP contribution in [0.3, 0.4) is 0 Å². The molecule has 1 aromatic carbocycles. The highest BCUT2D eigenvalue weighted by molar-refractivity contribution is 9.10. The number of carbonyl (C=O) groups is 1. The monoisotopic (exact) mass is 284 g/mol. The summed E-state index contributed by atoms with van der Waals surface area (Å²) >= 11 is 3.10. The Hall–Kier alpha value is -1.94. The van der Waals surface area contributed by atoms with E-state index < -0.39 is 17.4 Å². The first kappa shape index (κ1) is 12.1. The van der Waals surface area contributed by atoms with Crippen LogP contribution in [0.25, 0.3) is 4.85 Å². The molecule has 0 aliphatic rings. The molecular formula is C9H5BrN2O4. The van der Waals surface area contributed by atoms with Crippen LogP contribution in [-0.2, 0) is 4.79 Å². The highest BCUT2D eigenvalue weighted by Crippen LogP contribution is 2.30. The van der Waals surface area contributed by atoms with Gasteiger partial charge in [-0.3, -0.25) is 10.1 Å². The van der Waals surface area contributed by atoms with Crippen molar-refractivity contribution >= 4 is 27.6 Å². The molecule has 0 saturated carbocycles. The van der Waals surface area contributed by atoms with Crippen LogP contribution in [0.1, 0.15) is 0 Å². The third kappa shape index (κ3) is 3.03. The molecule has 0 radical (unpaired) electrons. The van der Waals surface area contributed by atoms with Crippen molar-refractivity contribution in [2.75, 3.05) is 6.54 Å². The number of benzene rings is 1. The lowest BCUT2D eigenvalue weighted by molar-refractivity contribution is -0.385. The molecule has 82 valence electrons. The lowest BCUT2D eigenvalue weighted by Crippen LogP contribution is -2.11. The van der Waals surface area contributed by atoms with Gasteiger partial charge in [-0.05, 0) is 6.07 Å². The third-order valence-electron chi connectivity index (χ3n) is 1.55. The van der Waals surface area contributed by atoms with Gasteiger partial charge in [-0.2, -0.15) is 0 Å². The minimum Gasteiger partial charge on any atom is -0.414 e. The number of ether oxygens (including phenoxy) is 1. The summed E-state index contributed by atoms with van der Waals surface area (Å²) < 4.78 is 5.25. The molecule has 0 heterocycles. The minimum atomic E-state index is -0.823. The second-order valence-corrected chi connectivity index (χ2v) is 3.58. The Labute approximate surface area is 98.9 Å². The number of rotatable bonds is 3. The van der Waals surface area contributed by atoms with Gasteiger partial charge in [0.2, 0.25) is 5.75 Å². The fourth-order valence-electron chi connectivity index (χ4n) is 0.940. The Bertz CT molecular complexity index is 481. The molecule has 1 aromatic rings.